The Balaban J connectivity index is 1.56. The average molecular weight is 539 g/mol. The number of hydrogen-bond donors (Lipinski definition) is 3. The van der Waals surface area contributed by atoms with Crippen molar-refractivity contribution in [2.75, 3.05) is 19.7 Å². The number of halogens is 1. The van der Waals surface area contributed by atoms with E-state index in [0.29, 0.717) is 12.3 Å². The lowest BCUT2D eigenvalue weighted by atomic mass is 9.84. The van der Waals surface area contributed by atoms with E-state index in [4.69, 9.17) is 4.74 Å². The lowest BCUT2D eigenvalue weighted by Gasteiger charge is -2.29. The topological polar surface area (TPSA) is 117 Å². The van der Waals surface area contributed by atoms with Gasteiger partial charge in [-0.2, -0.15) is 0 Å². The zero-order chi connectivity index (χ0) is 28.2. The standard InChI is InChI=1S/C29H35FN4O5/c1-18-28(38)34-14-6-7-21(34)16-39-24-9-5-4-8-22(24)26(36)33-23(15-25(35)32-18)27(37)31-17-29(2,3)19-10-12-20(30)13-11-19/h4-5,8-13,18,21,23H,6-7,14-17H2,1-3H3,(H,31,37)(H,32,35)(H,33,36)/t18-,21+,23-/m0/s1. The molecule has 3 N–H and O–H groups in total. The molecule has 208 valence electrons. The fourth-order valence-electron chi connectivity index (χ4n) is 4.94. The van der Waals surface area contributed by atoms with Crippen molar-refractivity contribution in [2.24, 2.45) is 0 Å². The molecule has 4 amide bonds. The van der Waals surface area contributed by atoms with Crippen LogP contribution in [0.3, 0.4) is 0 Å². The second-order valence-corrected chi connectivity index (χ2v) is 10.8. The van der Waals surface area contributed by atoms with Crippen molar-refractivity contribution in [3.05, 3.63) is 65.5 Å². The summed E-state index contributed by atoms with van der Waals surface area (Å²) in [4.78, 5) is 54.4. The molecule has 1 saturated heterocycles. The molecule has 2 aromatic rings. The molecule has 0 saturated carbocycles. The Morgan fingerprint density at radius 2 is 1.82 bits per heavy atom. The molecule has 9 nitrogen and oxygen atoms in total. The van der Waals surface area contributed by atoms with E-state index in [1.165, 1.54) is 12.1 Å². The van der Waals surface area contributed by atoms with Crippen LogP contribution in [0.4, 0.5) is 4.39 Å². The lowest BCUT2D eigenvalue weighted by molar-refractivity contribution is -0.137. The van der Waals surface area contributed by atoms with Crippen molar-refractivity contribution in [1.82, 2.24) is 20.9 Å². The highest BCUT2D eigenvalue weighted by Crippen LogP contribution is 2.24. The minimum Gasteiger partial charge on any atom is -0.491 e. The number of hydrogen-bond acceptors (Lipinski definition) is 5. The number of carbonyl (C=O) groups is 4. The Kier molecular flexibility index (Phi) is 8.52. The van der Waals surface area contributed by atoms with E-state index < -0.39 is 35.2 Å². The monoisotopic (exact) mass is 538 g/mol. The molecule has 39 heavy (non-hydrogen) atoms. The first-order valence-electron chi connectivity index (χ1n) is 13.2. The first kappa shape index (κ1) is 28.1. The van der Waals surface area contributed by atoms with Crippen molar-refractivity contribution >= 4 is 23.6 Å². The minimum absolute atomic E-state index is 0.168. The van der Waals surface area contributed by atoms with E-state index in [9.17, 15) is 23.6 Å². The molecule has 10 heteroatoms. The van der Waals surface area contributed by atoms with E-state index >= 15 is 0 Å². The maximum Gasteiger partial charge on any atom is 0.255 e. The normalized spacial score (nSPS) is 22.5. The summed E-state index contributed by atoms with van der Waals surface area (Å²) >= 11 is 0. The van der Waals surface area contributed by atoms with Gasteiger partial charge in [0.2, 0.25) is 17.7 Å². The van der Waals surface area contributed by atoms with E-state index in [-0.39, 0.29) is 42.9 Å². The first-order valence-corrected chi connectivity index (χ1v) is 13.2. The maximum atomic E-state index is 13.4. The van der Waals surface area contributed by atoms with Crippen molar-refractivity contribution in [3.8, 4) is 5.75 Å². The van der Waals surface area contributed by atoms with Crippen molar-refractivity contribution in [1.29, 1.82) is 0 Å². The quantitative estimate of drug-likeness (QED) is 0.553. The molecular weight excluding hydrogens is 503 g/mol. The van der Waals surface area contributed by atoms with Crippen LogP contribution in [-0.4, -0.2) is 66.4 Å². The second kappa shape index (κ2) is 11.8. The van der Waals surface area contributed by atoms with Crippen LogP contribution in [0.1, 0.15) is 56.0 Å². The van der Waals surface area contributed by atoms with Gasteiger partial charge in [-0.3, -0.25) is 19.2 Å². The third kappa shape index (κ3) is 6.74. The van der Waals surface area contributed by atoms with Gasteiger partial charge >= 0.3 is 0 Å². The number of ether oxygens (including phenoxy) is 1. The van der Waals surface area contributed by atoms with E-state index in [1.54, 1.807) is 48.2 Å². The van der Waals surface area contributed by atoms with Crippen LogP contribution in [0.5, 0.6) is 5.75 Å². The molecule has 0 spiro atoms. The average Bonchev–Trinajstić information content (AvgIpc) is 3.38. The zero-order valence-electron chi connectivity index (χ0n) is 22.5. The Hall–Kier alpha value is -3.95. The highest BCUT2D eigenvalue weighted by molar-refractivity contribution is 6.01. The predicted molar refractivity (Wildman–Crippen MR) is 143 cm³/mol. The van der Waals surface area contributed by atoms with Crippen molar-refractivity contribution < 1.29 is 28.3 Å². The van der Waals surface area contributed by atoms with Gasteiger partial charge in [-0.15, -0.1) is 0 Å². The Bertz CT molecular complexity index is 1230. The van der Waals surface area contributed by atoms with Crippen LogP contribution >= 0.6 is 0 Å². The lowest BCUT2D eigenvalue weighted by Crippen LogP contribution is -2.54. The van der Waals surface area contributed by atoms with Gasteiger partial charge in [-0.25, -0.2) is 4.39 Å². The van der Waals surface area contributed by atoms with Gasteiger partial charge in [-0.05, 0) is 49.6 Å². The number of amides is 4. The van der Waals surface area contributed by atoms with Crippen molar-refractivity contribution in [3.63, 3.8) is 0 Å². The van der Waals surface area contributed by atoms with Gasteiger partial charge in [0.15, 0.2) is 0 Å². The molecule has 2 heterocycles. The summed E-state index contributed by atoms with van der Waals surface area (Å²) in [5.74, 6) is -1.89. The summed E-state index contributed by atoms with van der Waals surface area (Å²) in [5.41, 5.74) is 0.490. The summed E-state index contributed by atoms with van der Waals surface area (Å²) < 4.78 is 19.4. The second-order valence-electron chi connectivity index (χ2n) is 10.8. The Morgan fingerprint density at radius 3 is 2.56 bits per heavy atom. The highest BCUT2D eigenvalue weighted by atomic mass is 19.1. The predicted octanol–water partition coefficient (Wildman–Crippen LogP) is 2.30. The van der Waals surface area contributed by atoms with Crippen LogP contribution in [0.15, 0.2) is 48.5 Å². The molecule has 3 atom stereocenters. The first-order chi connectivity index (χ1) is 18.5. The van der Waals surface area contributed by atoms with Gasteiger partial charge in [0.25, 0.3) is 5.91 Å². The molecule has 0 unspecified atom stereocenters. The molecule has 2 aromatic carbocycles. The largest absolute Gasteiger partial charge is 0.491 e. The molecule has 0 aliphatic carbocycles. The van der Waals surface area contributed by atoms with Gasteiger partial charge in [0.1, 0.15) is 30.3 Å². The minimum atomic E-state index is -1.21. The number of nitrogens with one attached hydrogen (secondary N) is 3. The maximum absolute atomic E-state index is 13.4. The van der Waals surface area contributed by atoms with Crippen LogP contribution in [0, 0.1) is 5.82 Å². The molecule has 0 aromatic heterocycles. The fraction of sp³-hybridized carbons (Fsp3) is 0.448. The number of nitrogens with zero attached hydrogens (tertiary/aromatic N) is 1. The smallest absolute Gasteiger partial charge is 0.255 e. The van der Waals surface area contributed by atoms with E-state index in [1.807, 2.05) is 13.8 Å². The number of para-hydroxylation sites is 1. The summed E-state index contributed by atoms with van der Waals surface area (Å²) in [5, 5.41) is 8.18. The summed E-state index contributed by atoms with van der Waals surface area (Å²) in [6, 6.07) is 10.5. The molecule has 1 fully saturated rings. The molecular formula is C29H35FN4O5. The molecule has 2 aliphatic rings. The Morgan fingerprint density at radius 1 is 1.10 bits per heavy atom. The number of benzene rings is 2. The van der Waals surface area contributed by atoms with Gasteiger partial charge in [0, 0.05) is 18.5 Å². The van der Waals surface area contributed by atoms with Crippen LogP contribution < -0.4 is 20.7 Å². The third-order valence-corrected chi connectivity index (χ3v) is 7.31. The van der Waals surface area contributed by atoms with Crippen LogP contribution in [0.25, 0.3) is 0 Å². The van der Waals surface area contributed by atoms with Crippen LogP contribution in [-0.2, 0) is 19.8 Å². The van der Waals surface area contributed by atoms with E-state index in [0.717, 1.165) is 18.4 Å². The van der Waals surface area contributed by atoms with E-state index in [2.05, 4.69) is 16.0 Å². The summed E-state index contributed by atoms with van der Waals surface area (Å²) in [7, 11) is 0. The van der Waals surface area contributed by atoms with Crippen LogP contribution in [0.2, 0.25) is 0 Å². The number of carbonyl (C=O) groups excluding carboxylic acids is 4. The molecule has 0 radical (unpaired) electrons. The molecule has 2 aliphatic heterocycles. The molecule has 0 bridgehead atoms. The SMILES string of the molecule is C[C@@H]1NC(=O)C[C@@H](C(=O)NCC(C)(C)c2ccc(F)cc2)NC(=O)c2ccccc2OC[C@H]2CCCN2C1=O. The van der Waals surface area contributed by atoms with Gasteiger partial charge in [0.05, 0.1) is 18.0 Å². The third-order valence-electron chi connectivity index (χ3n) is 7.31. The fourth-order valence-corrected chi connectivity index (χ4v) is 4.94. The zero-order valence-corrected chi connectivity index (χ0v) is 22.5. The number of fused-ring (bicyclic) bond motifs is 2. The highest BCUT2D eigenvalue weighted by Gasteiger charge is 2.34. The van der Waals surface area contributed by atoms with Gasteiger partial charge < -0.3 is 25.6 Å². The summed E-state index contributed by atoms with van der Waals surface area (Å²) in [6.45, 7) is 6.34. The number of rotatable bonds is 4. The van der Waals surface area contributed by atoms with Crippen molar-refractivity contribution in [2.45, 2.75) is 63.6 Å². The summed E-state index contributed by atoms with van der Waals surface area (Å²) in [6.07, 6.45) is 1.22. The van der Waals surface area contributed by atoms with Gasteiger partial charge in [-0.1, -0.05) is 38.1 Å². The Labute approximate surface area is 227 Å². The molecule has 4 rings (SSSR count).